The summed E-state index contributed by atoms with van der Waals surface area (Å²) in [7, 11) is 0. The normalized spacial score (nSPS) is 18.0. The van der Waals surface area contributed by atoms with Gasteiger partial charge in [-0.1, -0.05) is 0 Å². The van der Waals surface area contributed by atoms with E-state index in [2.05, 4.69) is 15.0 Å². The van der Waals surface area contributed by atoms with Crippen molar-refractivity contribution in [2.24, 2.45) is 0 Å². The molecule has 0 radical (unpaired) electrons. The second kappa shape index (κ2) is 6.06. The molecule has 0 saturated carbocycles. The Bertz CT molecular complexity index is 752. The molecular formula is C15H13F3N4O2. The largest absolute Gasteiger partial charge is 0.480 e. The molecule has 24 heavy (non-hydrogen) atoms. The van der Waals surface area contributed by atoms with E-state index in [0.717, 1.165) is 6.07 Å². The summed E-state index contributed by atoms with van der Waals surface area (Å²) < 4.78 is 39.5. The molecule has 0 bridgehead atoms. The molecule has 3 heterocycles. The number of aromatic nitrogens is 3. The molecule has 9 heteroatoms. The van der Waals surface area contributed by atoms with Crippen LogP contribution in [0.15, 0.2) is 30.6 Å². The third-order valence-corrected chi connectivity index (χ3v) is 3.75. The molecule has 0 unspecified atom stereocenters. The van der Waals surface area contributed by atoms with Crippen LogP contribution in [0.1, 0.15) is 18.5 Å². The van der Waals surface area contributed by atoms with E-state index in [4.69, 9.17) is 0 Å². The Morgan fingerprint density at radius 2 is 2.12 bits per heavy atom. The van der Waals surface area contributed by atoms with Crippen LogP contribution < -0.4 is 4.90 Å². The fourth-order valence-corrected chi connectivity index (χ4v) is 2.65. The Balaban J connectivity index is 2.11. The Kier molecular flexibility index (Phi) is 4.08. The summed E-state index contributed by atoms with van der Waals surface area (Å²) in [6.45, 7) is 0.331. The first-order valence-electron chi connectivity index (χ1n) is 7.22. The smallest absolute Gasteiger partial charge is 0.433 e. The van der Waals surface area contributed by atoms with Gasteiger partial charge in [0.2, 0.25) is 0 Å². The van der Waals surface area contributed by atoms with Crippen molar-refractivity contribution in [1.29, 1.82) is 0 Å². The summed E-state index contributed by atoms with van der Waals surface area (Å²) in [5, 5.41) is 9.24. The third-order valence-electron chi connectivity index (χ3n) is 3.75. The van der Waals surface area contributed by atoms with Crippen molar-refractivity contribution in [2.45, 2.75) is 25.1 Å². The number of nitrogens with zero attached hydrogens (tertiary/aromatic N) is 4. The highest BCUT2D eigenvalue weighted by Crippen LogP contribution is 2.33. The van der Waals surface area contributed by atoms with Gasteiger partial charge in [0, 0.05) is 30.6 Å². The van der Waals surface area contributed by atoms with E-state index < -0.39 is 23.9 Å². The van der Waals surface area contributed by atoms with E-state index in [9.17, 15) is 23.1 Å². The van der Waals surface area contributed by atoms with Crippen molar-refractivity contribution in [1.82, 2.24) is 15.0 Å². The van der Waals surface area contributed by atoms with Crippen molar-refractivity contribution in [3.05, 3.63) is 36.3 Å². The second-order valence-electron chi connectivity index (χ2n) is 5.36. The van der Waals surface area contributed by atoms with Crippen LogP contribution in [-0.4, -0.2) is 38.6 Å². The molecule has 1 aliphatic rings. The number of anilines is 1. The zero-order valence-corrected chi connectivity index (χ0v) is 12.4. The van der Waals surface area contributed by atoms with Gasteiger partial charge in [-0.2, -0.15) is 13.2 Å². The predicted octanol–water partition coefficient (Wildman–Crippen LogP) is 2.61. The summed E-state index contributed by atoms with van der Waals surface area (Å²) >= 11 is 0. The molecule has 0 aliphatic carbocycles. The topological polar surface area (TPSA) is 79.2 Å². The standard InChI is InChI=1S/C15H13F3N4O2/c16-15(17,18)11-7-12(22-6-2-4-10(22)14(23)24)21-13(20-11)9-3-1-5-19-8-9/h1,3,5,7-8,10H,2,4,6H2,(H,23,24)/t10-/m0/s1. The van der Waals surface area contributed by atoms with Crippen LogP contribution in [0.5, 0.6) is 0 Å². The first-order chi connectivity index (χ1) is 11.4. The lowest BCUT2D eigenvalue weighted by Gasteiger charge is -2.23. The lowest BCUT2D eigenvalue weighted by molar-refractivity contribution is -0.141. The Morgan fingerprint density at radius 3 is 2.75 bits per heavy atom. The average Bonchev–Trinajstić information content (AvgIpc) is 3.04. The molecule has 1 atom stereocenters. The number of hydrogen-bond donors (Lipinski definition) is 1. The number of aliphatic carboxylic acids is 1. The van der Waals surface area contributed by atoms with Crippen molar-refractivity contribution in [3.8, 4) is 11.4 Å². The fourth-order valence-electron chi connectivity index (χ4n) is 2.65. The van der Waals surface area contributed by atoms with E-state index in [-0.39, 0.29) is 11.6 Å². The minimum atomic E-state index is -4.66. The number of hydrogen-bond acceptors (Lipinski definition) is 5. The van der Waals surface area contributed by atoms with Crippen LogP contribution >= 0.6 is 0 Å². The van der Waals surface area contributed by atoms with Gasteiger partial charge in [-0.25, -0.2) is 14.8 Å². The minimum absolute atomic E-state index is 0.0407. The highest BCUT2D eigenvalue weighted by atomic mass is 19.4. The highest BCUT2D eigenvalue weighted by molar-refractivity contribution is 5.78. The lowest BCUT2D eigenvalue weighted by Crippen LogP contribution is -2.36. The van der Waals surface area contributed by atoms with Crippen LogP contribution in [0, 0.1) is 0 Å². The molecule has 1 aliphatic heterocycles. The molecule has 3 rings (SSSR count). The van der Waals surface area contributed by atoms with Gasteiger partial charge in [-0.15, -0.1) is 0 Å². The van der Waals surface area contributed by atoms with Crippen molar-refractivity contribution in [2.75, 3.05) is 11.4 Å². The summed E-state index contributed by atoms with van der Waals surface area (Å²) in [6, 6.07) is 3.02. The van der Waals surface area contributed by atoms with Gasteiger partial charge in [0.15, 0.2) is 11.5 Å². The molecule has 126 valence electrons. The number of rotatable bonds is 3. The first kappa shape index (κ1) is 16.2. The van der Waals surface area contributed by atoms with Gasteiger partial charge in [0.25, 0.3) is 0 Å². The van der Waals surface area contributed by atoms with Crippen molar-refractivity contribution >= 4 is 11.8 Å². The van der Waals surface area contributed by atoms with E-state index >= 15 is 0 Å². The van der Waals surface area contributed by atoms with Crippen LogP contribution in [0.2, 0.25) is 0 Å². The van der Waals surface area contributed by atoms with Gasteiger partial charge in [0.1, 0.15) is 11.9 Å². The monoisotopic (exact) mass is 338 g/mol. The van der Waals surface area contributed by atoms with E-state index in [1.807, 2.05) is 0 Å². The molecule has 1 N–H and O–H groups in total. The number of carboxylic acid groups (broad SMARTS) is 1. The SMILES string of the molecule is O=C(O)[C@@H]1CCCN1c1cc(C(F)(F)F)nc(-c2cccnc2)n1. The Morgan fingerprint density at radius 1 is 1.33 bits per heavy atom. The van der Waals surface area contributed by atoms with E-state index in [1.165, 1.54) is 17.3 Å². The zero-order chi connectivity index (χ0) is 17.3. The molecule has 1 saturated heterocycles. The molecule has 0 amide bonds. The lowest BCUT2D eigenvalue weighted by atomic mass is 10.2. The Hall–Kier alpha value is -2.71. The van der Waals surface area contributed by atoms with Crippen LogP contribution in [-0.2, 0) is 11.0 Å². The number of carbonyl (C=O) groups is 1. The maximum atomic E-state index is 13.2. The van der Waals surface area contributed by atoms with Crippen molar-refractivity contribution < 1.29 is 23.1 Å². The quantitative estimate of drug-likeness (QED) is 0.927. The van der Waals surface area contributed by atoms with Crippen LogP contribution in [0.3, 0.4) is 0 Å². The van der Waals surface area contributed by atoms with Gasteiger partial charge in [-0.05, 0) is 25.0 Å². The van der Waals surface area contributed by atoms with Crippen LogP contribution in [0.4, 0.5) is 19.0 Å². The van der Waals surface area contributed by atoms with Gasteiger partial charge < -0.3 is 10.0 Å². The number of alkyl halides is 3. The van der Waals surface area contributed by atoms with E-state index in [0.29, 0.717) is 24.9 Å². The van der Waals surface area contributed by atoms with E-state index in [1.54, 1.807) is 12.1 Å². The molecule has 2 aromatic heterocycles. The molecule has 6 nitrogen and oxygen atoms in total. The molecule has 2 aromatic rings. The zero-order valence-electron chi connectivity index (χ0n) is 12.4. The summed E-state index contributed by atoms with van der Waals surface area (Å²) in [6.07, 6.45) is -0.878. The first-order valence-corrected chi connectivity index (χ1v) is 7.22. The highest BCUT2D eigenvalue weighted by Gasteiger charge is 2.37. The molecule has 0 spiro atoms. The molecular weight excluding hydrogens is 325 g/mol. The van der Waals surface area contributed by atoms with Gasteiger partial charge in [0.05, 0.1) is 0 Å². The number of pyridine rings is 1. The number of halogens is 3. The van der Waals surface area contributed by atoms with Gasteiger partial charge in [-0.3, -0.25) is 4.98 Å². The summed E-state index contributed by atoms with van der Waals surface area (Å²) in [5.74, 6) is -1.26. The molecule has 1 fully saturated rings. The Labute approximate surface area is 135 Å². The minimum Gasteiger partial charge on any atom is -0.480 e. The average molecular weight is 338 g/mol. The fraction of sp³-hybridized carbons (Fsp3) is 0.333. The predicted molar refractivity (Wildman–Crippen MR) is 78.3 cm³/mol. The van der Waals surface area contributed by atoms with Crippen LogP contribution in [0.25, 0.3) is 11.4 Å². The van der Waals surface area contributed by atoms with Crippen molar-refractivity contribution in [3.63, 3.8) is 0 Å². The second-order valence-corrected chi connectivity index (χ2v) is 5.36. The molecule has 0 aromatic carbocycles. The maximum absolute atomic E-state index is 13.2. The summed E-state index contributed by atoms with van der Waals surface area (Å²) in [5.41, 5.74) is -0.779. The maximum Gasteiger partial charge on any atom is 0.433 e. The van der Waals surface area contributed by atoms with Gasteiger partial charge >= 0.3 is 12.1 Å². The third kappa shape index (κ3) is 3.15. The summed E-state index contributed by atoms with van der Waals surface area (Å²) in [4.78, 5) is 24.2. The number of carboxylic acids is 1.